The molecular weight excluding hydrogens is 306 g/mol. The van der Waals surface area contributed by atoms with Crippen molar-refractivity contribution in [3.63, 3.8) is 0 Å². The number of urea groups is 1. The number of nitrogens with two attached hydrogens (primary N) is 1. The van der Waals surface area contributed by atoms with Gasteiger partial charge in [0, 0.05) is 6.54 Å². The minimum atomic E-state index is -0.866. The lowest BCUT2D eigenvalue weighted by Gasteiger charge is -2.27. The molecule has 0 aromatic heterocycles. The second kappa shape index (κ2) is 8.69. The van der Waals surface area contributed by atoms with Crippen LogP contribution in [0.3, 0.4) is 0 Å². The van der Waals surface area contributed by atoms with Gasteiger partial charge >= 0.3 is 6.03 Å². The number of amides is 3. The molecule has 126 valence electrons. The SMILES string of the molecule is CN(CCOc1ccccc1)C(C(=O)NC(N)=O)c1ccccc1. The Bertz CT molecular complexity index is 662. The van der Waals surface area contributed by atoms with Crippen molar-refractivity contribution in [2.75, 3.05) is 20.2 Å². The fourth-order valence-corrected chi connectivity index (χ4v) is 2.38. The average molecular weight is 327 g/mol. The van der Waals surface area contributed by atoms with E-state index >= 15 is 0 Å². The minimum absolute atomic E-state index is 0.410. The van der Waals surface area contributed by atoms with Crippen molar-refractivity contribution in [1.29, 1.82) is 0 Å². The van der Waals surface area contributed by atoms with Gasteiger partial charge in [0.15, 0.2) is 0 Å². The zero-order chi connectivity index (χ0) is 17.4. The maximum atomic E-state index is 12.3. The normalized spacial score (nSPS) is 11.8. The van der Waals surface area contributed by atoms with Crippen molar-refractivity contribution >= 4 is 11.9 Å². The summed E-state index contributed by atoms with van der Waals surface area (Å²) in [6, 6.07) is 17.2. The van der Waals surface area contributed by atoms with Crippen LogP contribution in [-0.4, -0.2) is 37.0 Å². The molecule has 0 aliphatic carbocycles. The number of carbonyl (C=O) groups excluding carboxylic acids is 2. The van der Waals surface area contributed by atoms with E-state index in [0.717, 1.165) is 11.3 Å². The smallest absolute Gasteiger partial charge is 0.318 e. The van der Waals surface area contributed by atoms with E-state index in [4.69, 9.17) is 10.5 Å². The Morgan fingerprint density at radius 1 is 1.08 bits per heavy atom. The number of rotatable bonds is 7. The van der Waals surface area contributed by atoms with Crippen molar-refractivity contribution < 1.29 is 14.3 Å². The van der Waals surface area contributed by atoms with E-state index in [2.05, 4.69) is 5.32 Å². The van der Waals surface area contributed by atoms with Crippen molar-refractivity contribution in [3.8, 4) is 5.75 Å². The third kappa shape index (κ3) is 5.10. The first-order valence-corrected chi connectivity index (χ1v) is 7.61. The van der Waals surface area contributed by atoms with Gasteiger partial charge in [0.2, 0.25) is 5.91 Å². The first-order valence-electron chi connectivity index (χ1n) is 7.61. The van der Waals surface area contributed by atoms with Gasteiger partial charge in [-0.15, -0.1) is 0 Å². The minimum Gasteiger partial charge on any atom is -0.492 e. The predicted molar refractivity (Wildman–Crippen MR) is 91.5 cm³/mol. The van der Waals surface area contributed by atoms with E-state index < -0.39 is 18.0 Å². The monoisotopic (exact) mass is 327 g/mol. The summed E-state index contributed by atoms with van der Waals surface area (Å²) in [4.78, 5) is 25.2. The molecule has 0 radical (unpaired) electrons. The van der Waals surface area contributed by atoms with Crippen LogP contribution in [0.5, 0.6) is 5.75 Å². The van der Waals surface area contributed by atoms with Gasteiger partial charge in [0.25, 0.3) is 0 Å². The molecule has 2 aromatic rings. The van der Waals surface area contributed by atoms with Crippen LogP contribution in [0, 0.1) is 0 Å². The molecule has 0 fully saturated rings. The van der Waals surface area contributed by atoms with E-state index in [0.29, 0.717) is 13.2 Å². The average Bonchev–Trinajstić information content (AvgIpc) is 2.56. The molecule has 0 spiro atoms. The van der Waals surface area contributed by atoms with Crippen LogP contribution in [0.1, 0.15) is 11.6 Å². The summed E-state index contributed by atoms with van der Waals surface area (Å²) >= 11 is 0. The maximum absolute atomic E-state index is 12.3. The van der Waals surface area contributed by atoms with Crippen molar-refractivity contribution in [3.05, 3.63) is 66.2 Å². The van der Waals surface area contributed by atoms with Gasteiger partial charge in [0.1, 0.15) is 18.4 Å². The number of benzene rings is 2. The van der Waals surface area contributed by atoms with Gasteiger partial charge < -0.3 is 10.5 Å². The topological polar surface area (TPSA) is 84.7 Å². The molecule has 0 bridgehead atoms. The second-order valence-electron chi connectivity index (χ2n) is 5.31. The fourth-order valence-electron chi connectivity index (χ4n) is 2.38. The Hall–Kier alpha value is -2.86. The van der Waals surface area contributed by atoms with Gasteiger partial charge in [-0.25, -0.2) is 4.79 Å². The molecule has 3 N–H and O–H groups in total. The predicted octanol–water partition coefficient (Wildman–Crippen LogP) is 1.93. The largest absolute Gasteiger partial charge is 0.492 e. The Labute approximate surface area is 141 Å². The highest BCUT2D eigenvalue weighted by Crippen LogP contribution is 2.19. The third-order valence-corrected chi connectivity index (χ3v) is 3.51. The standard InChI is InChI=1S/C18H21N3O3/c1-21(12-13-24-15-10-6-3-7-11-15)16(17(22)20-18(19)23)14-8-4-2-5-9-14/h2-11,16H,12-13H2,1H3,(H3,19,20,22,23). The van der Waals surface area contributed by atoms with Crippen LogP contribution in [0.4, 0.5) is 4.79 Å². The number of ether oxygens (including phenoxy) is 1. The van der Waals surface area contributed by atoms with Gasteiger partial charge in [-0.1, -0.05) is 48.5 Å². The van der Waals surface area contributed by atoms with Gasteiger partial charge in [-0.05, 0) is 24.7 Å². The molecule has 2 rings (SSSR count). The Kier molecular flexibility index (Phi) is 6.33. The molecule has 0 saturated heterocycles. The van der Waals surface area contributed by atoms with Gasteiger partial charge in [0.05, 0.1) is 0 Å². The van der Waals surface area contributed by atoms with Crippen molar-refractivity contribution in [2.24, 2.45) is 5.73 Å². The highest BCUT2D eigenvalue weighted by Gasteiger charge is 2.25. The Morgan fingerprint density at radius 3 is 2.25 bits per heavy atom. The lowest BCUT2D eigenvalue weighted by molar-refractivity contribution is -0.125. The van der Waals surface area contributed by atoms with E-state index in [1.807, 2.05) is 65.6 Å². The molecule has 3 amide bonds. The molecule has 1 atom stereocenters. The molecule has 2 aromatic carbocycles. The highest BCUT2D eigenvalue weighted by atomic mass is 16.5. The fraction of sp³-hybridized carbons (Fsp3) is 0.222. The molecule has 1 unspecified atom stereocenters. The molecule has 0 aliphatic heterocycles. The molecule has 6 heteroatoms. The number of hydrogen-bond donors (Lipinski definition) is 2. The Morgan fingerprint density at radius 2 is 1.67 bits per heavy atom. The maximum Gasteiger partial charge on any atom is 0.318 e. The lowest BCUT2D eigenvalue weighted by atomic mass is 10.0. The summed E-state index contributed by atoms with van der Waals surface area (Å²) in [6.45, 7) is 0.911. The number of hydrogen-bond acceptors (Lipinski definition) is 4. The molecule has 0 saturated carbocycles. The van der Waals surface area contributed by atoms with Gasteiger partial charge in [-0.2, -0.15) is 0 Å². The van der Waals surface area contributed by atoms with Crippen LogP contribution in [0.15, 0.2) is 60.7 Å². The van der Waals surface area contributed by atoms with E-state index in [1.165, 1.54) is 0 Å². The quantitative estimate of drug-likeness (QED) is 0.814. The summed E-state index contributed by atoms with van der Waals surface area (Å²) in [6.07, 6.45) is 0. The summed E-state index contributed by atoms with van der Waals surface area (Å²) in [5.74, 6) is 0.305. The Balaban J connectivity index is 2.02. The molecule has 0 heterocycles. The first kappa shape index (κ1) is 17.5. The van der Waals surface area contributed by atoms with Crippen LogP contribution in [0.2, 0.25) is 0 Å². The number of likely N-dealkylation sites (N-methyl/N-ethyl adjacent to an activating group) is 1. The lowest BCUT2D eigenvalue weighted by Crippen LogP contribution is -2.44. The number of primary amides is 1. The molecular formula is C18H21N3O3. The van der Waals surface area contributed by atoms with Crippen LogP contribution in [-0.2, 0) is 4.79 Å². The number of para-hydroxylation sites is 1. The summed E-state index contributed by atoms with van der Waals surface area (Å²) in [7, 11) is 1.80. The summed E-state index contributed by atoms with van der Waals surface area (Å²) in [5.41, 5.74) is 5.85. The molecule has 0 aliphatic rings. The molecule has 24 heavy (non-hydrogen) atoms. The number of imide groups is 1. The van der Waals surface area contributed by atoms with Crippen molar-refractivity contribution in [2.45, 2.75) is 6.04 Å². The third-order valence-electron chi connectivity index (χ3n) is 3.51. The number of carbonyl (C=O) groups is 2. The highest BCUT2D eigenvalue weighted by molar-refractivity contribution is 5.96. The zero-order valence-corrected chi connectivity index (χ0v) is 13.5. The summed E-state index contributed by atoms with van der Waals surface area (Å²) < 4.78 is 5.66. The van der Waals surface area contributed by atoms with Crippen LogP contribution >= 0.6 is 0 Å². The van der Waals surface area contributed by atoms with Crippen LogP contribution < -0.4 is 15.8 Å². The first-order chi connectivity index (χ1) is 11.6. The van der Waals surface area contributed by atoms with E-state index in [-0.39, 0.29) is 0 Å². The number of nitrogens with one attached hydrogen (secondary N) is 1. The second-order valence-corrected chi connectivity index (χ2v) is 5.31. The number of nitrogens with zero attached hydrogens (tertiary/aromatic N) is 1. The van der Waals surface area contributed by atoms with Crippen molar-refractivity contribution in [1.82, 2.24) is 10.2 Å². The molecule has 6 nitrogen and oxygen atoms in total. The van der Waals surface area contributed by atoms with E-state index in [9.17, 15) is 9.59 Å². The zero-order valence-electron chi connectivity index (χ0n) is 13.5. The van der Waals surface area contributed by atoms with Gasteiger partial charge in [-0.3, -0.25) is 15.0 Å². The van der Waals surface area contributed by atoms with E-state index in [1.54, 1.807) is 7.05 Å². The summed E-state index contributed by atoms with van der Waals surface area (Å²) in [5, 5.41) is 2.15. The van der Waals surface area contributed by atoms with Crippen LogP contribution in [0.25, 0.3) is 0 Å².